The number of rotatable bonds is 6. The van der Waals surface area contributed by atoms with Crippen LogP contribution in [-0.2, 0) is 6.42 Å². The minimum absolute atomic E-state index is 0.370. The molecule has 0 aromatic heterocycles. The molecule has 0 aliphatic heterocycles. The summed E-state index contributed by atoms with van der Waals surface area (Å²) in [5.74, 6) is 1.52. The van der Waals surface area contributed by atoms with Crippen molar-refractivity contribution in [2.45, 2.75) is 47.0 Å². The van der Waals surface area contributed by atoms with Gasteiger partial charge in [-0.15, -0.1) is 0 Å². The van der Waals surface area contributed by atoms with E-state index in [1.165, 1.54) is 16.7 Å². The van der Waals surface area contributed by atoms with Crippen molar-refractivity contribution in [1.29, 1.82) is 0 Å². The van der Waals surface area contributed by atoms with Crippen LogP contribution in [0.1, 0.15) is 46.1 Å². The molecule has 0 saturated heterocycles. The van der Waals surface area contributed by atoms with Gasteiger partial charge < -0.3 is 0 Å². The molecule has 2 rings (SSSR count). The fourth-order valence-electron chi connectivity index (χ4n) is 3.21. The molecule has 0 heterocycles. The quantitative estimate of drug-likeness (QED) is 0.583. The maximum Gasteiger partial charge on any atom is 0.0305 e. The molecule has 1 heteroatoms. The van der Waals surface area contributed by atoms with Gasteiger partial charge in [-0.05, 0) is 48.0 Å². The van der Waals surface area contributed by atoms with Gasteiger partial charge in [0.1, 0.15) is 0 Å². The van der Waals surface area contributed by atoms with Gasteiger partial charge in [-0.1, -0.05) is 82.2 Å². The Kier molecular flexibility index (Phi) is 6.14. The summed E-state index contributed by atoms with van der Waals surface area (Å²) in [6, 6.07) is 10.8. The van der Waals surface area contributed by atoms with Gasteiger partial charge >= 0.3 is 0 Å². The van der Waals surface area contributed by atoms with E-state index in [1.54, 1.807) is 0 Å². The van der Waals surface area contributed by atoms with Crippen molar-refractivity contribution < 1.29 is 0 Å². The molecule has 1 aromatic rings. The summed E-state index contributed by atoms with van der Waals surface area (Å²) in [5.41, 5.74) is 4.37. The molecule has 0 nitrogen and oxygen atoms in total. The number of thiocarbonyl (C=S) groups is 1. The number of hydrogen-bond donors (Lipinski definition) is 0. The van der Waals surface area contributed by atoms with Crippen molar-refractivity contribution in [3.05, 3.63) is 59.2 Å². The maximum atomic E-state index is 5.66. The summed E-state index contributed by atoms with van der Waals surface area (Å²) < 4.78 is 0. The molecule has 0 bridgehead atoms. The van der Waals surface area contributed by atoms with Crippen molar-refractivity contribution in [2.75, 3.05) is 0 Å². The smallest absolute Gasteiger partial charge is 0.0305 e. The zero-order valence-electron chi connectivity index (χ0n) is 14.2. The van der Waals surface area contributed by atoms with Crippen LogP contribution in [0.25, 0.3) is 0 Å². The lowest BCUT2D eigenvalue weighted by atomic mass is 9.73. The van der Waals surface area contributed by atoms with E-state index in [1.807, 2.05) is 0 Å². The highest BCUT2D eigenvalue weighted by Crippen LogP contribution is 2.36. The third-order valence-electron chi connectivity index (χ3n) is 4.99. The van der Waals surface area contributed by atoms with Crippen LogP contribution in [0.15, 0.2) is 47.6 Å². The minimum Gasteiger partial charge on any atom is -0.0836 e. The molecule has 1 aromatic carbocycles. The molecule has 1 aliphatic carbocycles. The number of allylic oxidation sites excluding steroid dienone is 4. The van der Waals surface area contributed by atoms with Gasteiger partial charge in [0.25, 0.3) is 0 Å². The minimum atomic E-state index is 0.370. The zero-order chi connectivity index (χ0) is 16.1. The van der Waals surface area contributed by atoms with Gasteiger partial charge in [-0.25, -0.2) is 0 Å². The molecule has 22 heavy (non-hydrogen) atoms. The average molecular weight is 312 g/mol. The molecule has 0 amide bonds. The predicted molar refractivity (Wildman–Crippen MR) is 100.0 cm³/mol. The van der Waals surface area contributed by atoms with Gasteiger partial charge in [0, 0.05) is 10.8 Å². The van der Waals surface area contributed by atoms with Gasteiger partial charge in [0.15, 0.2) is 0 Å². The molecule has 1 radical (unpaired) electrons. The largest absolute Gasteiger partial charge is 0.0836 e. The van der Waals surface area contributed by atoms with E-state index in [-0.39, 0.29) is 0 Å². The van der Waals surface area contributed by atoms with Crippen molar-refractivity contribution in [1.82, 2.24) is 0 Å². The van der Waals surface area contributed by atoms with Crippen LogP contribution in [0, 0.1) is 23.8 Å². The van der Waals surface area contributed by atoms with Crippen LogP contribution >= 0.6 is 12.2 Å². The van der Waals surface area contributed by atoms with Crippen molar-refractivity contribution >= 4 is 17.1 Å². The monoisotopic (exact) mass is 311 g/mol. The Bertz CT molecular complexity index is 565. The first-order chi connectivity index (χ1) is 10.6. The third-order valence-corrected chi connectivity index (χ3v) is 5.36. The zero-order valence-corrected chi connectivity index (χ0v) is 15.0. The fraction of sp³-hybridized carbons (Fsp3) is 0.476. The second-order valence-corrected chi connectivity index (χ2v) is 6.91. The highest BCUT2D eigenvalue weighted by molar-refractivity contribution is 7.80. The van der Waals surface area contributed by atoms with E-state index < -0.39 is 0 Å². The standard InChI is InChI=1S/C21H27S/c1-5-15(3)18-12-13-20(22)21(16(4)6-2)19(18)14-17-10-8-7-9-11-17/h7-12,15-16,21H,5-6,14H2,1-4H3. The highest BCUT2D eigenvalue weighted by Gasteiger charge is 2.29. The first kappa shape index (κ1) is 17.1. The van der Waals surface area contributed by atoms with Gasteiger partial charge in [-0.2, -0.15) is 0 Å². The Hall–Kier alpha value is -1.21. The SMILES string of the molecule is CCC(C)C1=C(Cc2ccccc2)C(C(C)CC)C(=S)[C]=C1. The summed E-state index contributed by atoms with van der Waals surface area (Å²) in [6.45, 7) is 9.16. The summed E-state index contributed by atoms with van der Waals surface area (Å²) in [7, 11) is 0. The number of benzene rings is 1. The summed E-state index contributed by atoms with van der Waals surface area (Å²) in [5, 5.41) is 0. The topological polar surface area (TPSA) is 0 Å². The van der Waals surface area contributed by atoms with Crippen LogP contribution in [-0.4, -0.2) is 4.86 Å². The second kappa shape index (κ2) is 7.87. The van der Waals surface area contributed by atoms with E-state index in [0.717, 1.165) is 24.1 Å². The van der Waals surface area contributed by atoms with Crippen LogP contribution in [0.3, 0.4) is 0 Å². The highest BCUT2D eigenvalue weighted by atomic mass is 32.1. The Morgan fingerprint density at radius 3 is 2.36 bits per heavy atom. The predicted octanol–water partition coefficient (Wildman–Crippen LogP) is 5.98. The lowest BCUT2D eigenvalue weighted by Crippen LogP contribution is -2.27. The van der Waals surface area contributed by atoms with Crippen LogP contribution in [0.2, 0.25) is 0 Å². The normalized spacial score (nSPS) is 21.1. The van der Waals surface area contributed by atoms with E-state index in [4.69, 9.17) is 12.2 Å². The maximum absolute atomic E-state index is 5.66. The molecule has 0 saturated carbocycles. The van der Waals surface area contributed by atoms with E-state index in [9.17, 15) is 0 Å². The Balaban J connectivity index is 2.46. The molecule has 0 fully saturated rings. The molecule has 1 aliphatic rings. The molecular formula is C21H27S. The van der Waals surface area contributed by atoms with Crippen molar-refractivity contribution in [3.63, 3.8) is 0 Å². The summed E-state index contributed by atoms with van der Waals surface area (Å²) in [6.07, 6.45) is 8.85. The second-order valence-electron chi connectivity index (χ2n) is 6.47. The molecule has 0 spiro atoms. The van der Waals surface area contributed by atoms with E-state index in [0.29, 0.717) is 17.8 Å². The summed E-state index contributed by atoms with van der Waals surface area (Å²) in [4.78, 5) is 0.993. The van der Waals surface area contributed by atoms with E-state index in [2.05, 4.69) is 70.2 Å². The fourth-order valence-corrected chi connectivity index (χ4v) is 3.65. The van der Waals surface area contributed by atoms with Crippen molar-refractivity contribution in [3.8, 4) is 0 Å². The molecule has 0 N–H and O–H groups in total. The summed E-state index contributed by atoms with van der Waals surface area (Å²) >= 11 is 5.66. The Morgan fingerprint density at radius 1 is 1.09 bits per heavy atom. The van der Waals surface area contributed by atoms with Crippen LogP contribution < -0.4 is 0 Å². The molecule has 3 atom stereocenters. The van der Waals surface area contributed by atoms with E-state index >= 15 is 0 Å². The average Bonchev–Trinajstić information content (AvgIpc) is 2.55. The van der Waals surface area contributed by atoms with Crippen molar-refractivity contribution in [2.24, 2.45) is 17.8 Å². The Labute approximate surface area is 141 Å². The first-order valence-electron chi connectivity index (χ1n) is 8.48. The number of hydrogen-bond acceptors (Lipinski definition) is 1. The first-order valence-corrected chi connectivity index (χ1v) is 8.89. The van der Waals surface area contributed by atoms with Gasteiger partial charge in [0.2, 0.25) is 0 Å². The third kappa shape index (κ3) is 3.76. The van der Waals surface area contributed by atoms with Crippen LogP contribution in [0.5, 0.6) is 0 Å². The lowest BCUT2D eigenvalue weighted by molar-refractivity contribution is 0.474. The van der Waals surface area contributed by atoms with Crippen LogP contribution in [0.4, 0.5) is 0 Å². The molecule has 3 unspecified atom stereocenters. The van der Waals surface area contributed by atoms with Gasteiger partial charge in [-0.3, -0.25) is 0 Å². The van der Waals surface area contributed by atoms with Gasteiger partial charge in [0.05, 0.1) is 0 Å². The Morgan fingerprint density at radius 2 is 1.77 bits per heavy atom. The molecule has 117 valence electrons. The molecular weight excluding hydrogens is 284 g/mol. The lowest BCUT2D eigenvalue weighted by Gasteiger charge is -2.32.